The lowest BCUT2D eigenvalue weighted by Crippen LogP contribution is -2.27. The van der Waals surface area contributed by atoms with E-state index in [1.807, 2.05) is 19.1 Å². The fraction of sp³-hybridized carbons (Fsp3) is 0.667. The van der Waals surface area contributed by atoms with E-state index in [2.05, 4.69) is 6.58 Å². The predicted octanol–water partition coefficient (Wildman–Crippen LogP) is 2.05. The first-order valence-electron chi connectivity index (χ1n) is 5.28. The number of hydrogen-bond donors (Lipinski definition) is 1. The van der Waals surface area contributed by atoms with E-state index in [0.717, 1.165) is 19.3 Å². The number of ether oxygens (including phenoxy) is 1. The zero-order chi connectivity index (χ0) is 10.2. The van der Waals surface area contributed by atoms with E-state index in [1.165, 1.54) is 5.57 Å². The highest BCUT2D eigenvalue weighted by Crippen LogP contribution is 2.42. The van der Waals surface area contributed by atoms with Gasteiger partial charge in [-0.15, -0.1) is 0 Å². The van der Waals surface area contributed by atoms with E-state index in [4.69, 9.17) is 4.74 Å². The monoisotopic (exact) mass is 194 g/mol. The van der Waals surface area contributed by atoms with Crippen LogP contribution in [0.1, 0.15) is 26.2 Å². The highest BCUT2D eigenvalue weighted by molar-refractivity contribution is 5.21. The Morgan fingerprint density at radius 3 is 3.00 bits per heavy atom. The fourth-order valence-corrected chi connectivity index (χ4v) is 2.02. The van der Waals surface area contributed by atoms with Gasteiger partial charge in [-0.1, -0.05) is 24.3 Å². The Balaban J connectivity index is 1.97. The van der Waals surface area contributed by atoms with Gasteiger partial charge >= 0.3 is 0 Å². The molecule has 2 nitrogen and oxygen atoms in total. The second kappa shape index (κ2) is 3.52. The molecule has 78 valence electrons. The van der Waals surface area contributed by atoms with Gasteiger partial charge in [0.1, 0.15) is 0 Å². The Morgan fingerprint density at radius 1 is 1.64 bits per heavy atom. The standard InChI is InChI=1S/C12H18O2/c1-9-8-10(9)11-4-6-12(2,13)5-3-7-14-11/h3,5,10-11,13H,1,4,6-8H2,2H3/b5-3-/t10-,11-,12?/m1/s1. The van der Waals surface area contributed by atoms with Gasteiger partial charge in [0.05, 0.1) is 18.3 Å². The summed E-state index contributed by atoms with van der Waals surface area (Å²) in [4.78, 5) is 0. The zero-order valence-corrected chi connectivity index (χ0v) is 8.70. The first-order chi connectivity index (χ1) is 6.58. The third-order valence-electron chi connectivity index (χ3n) is 3.11. The molecule has 1 aliphatic carbocycles. The average Bonchev–Trinajstić information content (AvgIpc) is 2.78. The summed E-state index contributed by atoms with van der Waals surface area (Å²) in [5.74, 6) is 0.553. The van der Waals surface area contributed by atoms with Crippen LogP contribution in [0.25, 0.3) is 0 Å². The molecule has 0 spiro atoms. The molecule has 1 heterocycles. The van der Waals surface area contributed by atoms with Gasteiger partial charge in [0.25, 0.3) is 0 Å². The Labute approximate surface area is 85.3 Å². The van der Waals surface area contributed by atoms with E-state index in [1.54, 1.807) is 0 Å². The maximum atomic E-state index is 9.90. The molecular weight excluding hydrogens is 176 g/mol. The number of hydrogen-bond acceptors (Lipinski definition) is 2. The molecule has 0 saturated heterocycles. The van der Waals surface area contributed by atoms with Crippen molar-refractivity contribution in [1.29, 1.82) is 0 Å². The van der Waals surface area contributed by atoms with E-state index >= 15 is 0 Å². The number of rotatable bonds is 1. The fourth-order valence-electron chi connectivity index (χ4n) is 2.02. The van der Waals surface area contributed by atoms with Crippen LogP contribution in [-0.2, 0) is 4.74 Å². The summed E-state index contributed by atoms with van der Waals surface area (Å²) in [6.45, 7) is 6.42. The molecule has 0 radical (unpaired) electrons. The maximum absolute atomic E-state index is 9.90. The molecule has 3 atom stereocenters. The average molecular weight is 194 g/mol. The van der Waals surface area contributed by atoms with E-state index in [9.17, 15) is 5.11 Å². The van der Waals surface area contributed by atoms with Gasteiger partial charge in [0.15, 0.2) is 0 Å². The van der Waals surface area contributed by atoms with E-state index in [-0.39, 0.29) is 6.10 Å². The molecule has 0 aromatic carbocycles. The molecule has 0 aromatic rings. The molecule has 2 rings (SSSR count). The van der Waals surface area contributed by atoms with Crippen molar-refractivity contribution in [2.24, 2.45) is 5.92 Å². The summed E-state index contributed by atoms with van der Waals surface area (Å²) in [6.07, 6.45) is 6.84. The largest absolute Gasteiger partial charge is 0.386 e. The summed E-state index contributed by atoms with van der Waals surface area (Å²) in [5, 5.41) is 9.90. The van der Waals surface area contributed by atoms with Crippen LogP contribution >= 0.6 is 0 Å². The quantitative estimate of drug-likeness (QED) is 0.647. The Kier molecular flexibility index (Phi) is 2.50. The molecular formula is C12H18O2. The lowest BCUT2D eigenvalue weighted by molar-refractivity contribution is 0.0183. The van der Waals surface area contributed by atoms with Crippen LogP contribution in [0, 0.1) is 5.92 Å². The summed E-state index contributed by atoms with van der Waals surface area (Å²) in [6, 6.07) is 0. The Morgan fingerprint density at radius 2 is 2.36 bits per heavy atom. The highest BCUT2D eigenvalue weighted by Gasteiger charge is 2.37. The van der Waals surface area contributed by atoms with Crippen molar-refractivity contribution in [3.05, 3.63) is 24.3 Å². The van der Waals surface area contributed by atoms with Crippen LogP contribution in [0.2, 0.25) is 0 Å². The molecule has 0 aromatic heterocycles. The lowest BCUT2D eigenvalue weighted by atomic mass is 9.95. The first kappa shape index (κ1) is 9.94. The molecule has 1 unspecified atom stereocenters. The molecule has 1 aliphatic heterocycles. The van der Waals surface area contributed by atoms with Crippen molar-refractivity contribution in [3.63, 3.8) is 0 Å². The molecule has 2 aliphatic rings. The highest BCUT2D eigenvalue weighted by atomic mass is 16.5. The Hall–Kier alpha value is -0.600. The predicted molar refractivity (Wildman–Crippen MR) is 56.0 cm³/mol. The van der Waals surface area contributed by atoms with E-state index < -0.39 is 5.60 Å². The molecule has 1 saturated carbocycles. The molecule has 1 fully saturated rings. The second-order valence-corrected chi connectivity index (χ2v) is 4.64. The van der Waals surface area contributed by atoms with Crippen LogP contribution in [0.4, 0.5) is 0 Å². The van der Waals surface area contributed by atoms with Crippen LogP contribution in [-0.4, -0.2) is 23.4 Å². The van der Waals surface area contributed by atoms with Gasteiger partial charge in [-0.25, -0.2) is 0 Å². The minimum atomic E-state index is -0.655. The molecule has 2 heteroatoms. The minimum absolute atomic E-state index is 0.277. The number of aliphatic hydroxyl groups is 1. The smallest absolute Gasteiger partial charge is 0.0801 e. The summed E-state index contributed by atoms with van der Waals surface area (Å²) in [7, 11) is 0. The Bertz CT molecular complexity index is 265. The van der Waals surface area contributed by atoms with Crippen LogP contribution < -0.4 is 0 Å². The third-order valence-corrected chi connectivity index (χ3v) is 3.11. The van der Waals surface area contributed by atoms with Gasteiger partial charge in [0, 0.05) is 5.92 Å². The van der Waals surface area contributed by atoms with Gasteiger partial charge in [-0.3, -0.25) is 0 Å². The summed E-state index contributed by atoms with van der Waals surface area (Å²) < 4.78 is 5.71. The van der Waals surface area contributed by atoms with Gasteiger partial charge < -0.3 is 9.84 Å². The maximum Gasteiger partial charge on any atom is 0.0801 e. The van der Waals surface area contributed by atoms with Crippen molar-refractivity contribution in [2.75, 3.05) is 6.61 Å². The zero-order valence-electron chi connectivity index (χ0n) is 8.70. The van der Waals surface area contributed by atoms with Crippen LogP contribution in [0.3, 0.4) is 0 Å². The molecule has 0 bridgehead atoms. The summed E-state index contributed by atoms with van der Waals surface area (Å²) >= 11 is 0. The lowest BCUT2D eigenvalue weighted by Gasteiger charge is -2.25. The van der Waals surface area contributed by atoms with Crippen molar-refractivity contribution in [1.82, 2.24) is 0 Å². The normalized spacial score (nSPS) is 45.4. The first-order valence-corrected chi connectivity index (χ1v) is 5.28. The van der Waals surface area contributed by atoms with Crippen molar-refractivity contribution < 1.29 is 9.84 Å². The van der Waals surface area contributed by atoms with Crippen molar-refractivity contribution >= 4 is 0 Å². The van der Waals surface area contributed by atoms with Crippen molar-refractivity contribution in [2.45, 2.75) is 37.9 Å². The van der Waals surface area contributed by atoms with Crippen LogP contribution in [0.5, 0.6) is 0 Å². The minimum Gasteiger partial charge on any atom is -0.386 e. The molecule has 14 heavy (non-hydrogen) atoms. The van der Waals surface area contributed by atoms with Gasteiger partial charge in [0.2, 0.25) is 0 Å². The van der Waals surface area contributed by atoms with Gasteiger partial charge in [-0.2, -0.15) is 0 Å². The molecule has 0 amide bonds. The second-order valence-electron chi connectivity index (χ2n) is 4.64. The SMILES string of the molecule is C=C1C[C@H]1[C@H]1CCC(C)(O)/C=C\CO1. The van der Waals surface area contributed by atoms with Crippen molar-refractivity contribution in [3.8, 4) is 0 Å². The summed E-state index contributed by atoms with van der Waals surface area (Å²) in [5.41, 5.74) is 0.650. The molecule has 1 N–H and O–H groups in total. The van der Waals surface area contributed by atoms with Gasteiger partial charge in [-0.05, 0) is 26.2 Å². The topological polar surface area (TPSA) is 29.5 Å². The van der Waals surface area contributed by atoms with Crippen LogP contribution in [0.15, 0.2) is 24.3 Å². The van der Waals surface area contributed by atoms with E-state index in [0.29, 0.717) is 12.5 Å². The third kappa shape index (κ3) is 2.25.